The van der Waals surface area contributed by atoms with Gasteiger partial charge in [-0.3, -0.25) is 4.79 Å². The van der Waals surface area contributed by atoms with Gasteiger partial charge in [-0.2, -0.15) is 0 Å². The highest BCUT2D eigenvalue weighted by Gasteiger charge is 2.38. The molecule has 3 rings (SSSR count). The van der Waals surface area contributed by atoms with Gasteiger partial charge < -0.3 is 14.4 Å². The third kappa shape index (κ3) is 3.37. The molecular formula is C18H25NO3. The number of carbonyl (C=O) groups excluding carboxylic acids is 1. The molecule has 120 valence electrons. The molecule has 2 aliphatic rings. The molecule has 0 saturated heterocycles. The van der Waals surface area contributed by atoms with E-state index < -0.39 is 0 Å². The molecule has 0 N–H and O–H groups in total. The quantitative estimate of drug-likeness (QED) is 0.809. The summed E-state index contributed by atoms with van der Waals surface area (Å²) in [6.45, 7) is 2.11. The molecule has 1 amide bonds. The summed E-state index contributed by atoms with van der Waals surface area (Å²) in [5.74, 6) is 1.45. The van der Waals surface area contributed by atoms with Crippen LogP contribution in [0.25, 0.3) is 0 Å². The molecule has 1 aromatic carbocycles. The van der Waals surface area contributed by atoms with Gasteiger partial charge in [-0.05, 0) is 50.3 Å². The Bertz CT molecular complexity index is 533. The van der Waals surface area contributed by atoms with Crippen molar-refractivity contribution in [3.05, 3.63) is 23.8 Å². The number of methoxy groups -OCH3 is 1. The van der Waals surface area contributed by atoms with Crippen LogP contribution in [0.15, 0.2) is 18.2 Å². The number of rotatable bonds is 6. The second kappa shape index (κ2) is 6.59. The largest absolute Gasteiger partial charge is 0.493 e. The Morgan fingerprint density at radius 2 is 1.82 bits per heavy atom. The summed E-state index contributed by atoms with van der Waals surface area (Å²) >= 11 is 0. The van der Waals surface area contributed by atoms with E-state index in [0.29, 0.717) is 23.6 Å². The molecule has 0 unspecified atom stereocenters. The van der Waals surface area contributed by atoms with E-state index in [-0.39, 0.29) is 12.5 Å². The fourth-order valence-electron chi connectivity index (χ4n) is 3.35. The van der Waals surface area contributed by atoms with Crippen LogP contribution in [0, 0.1) is 6.92 Å². The van der Waals surface area contributed by atoms with Crippen LogP contribution in [0.4, 0.5) is 0 Å². The van der Waals surface area contributed by atoms with Gasteiger partial charge in [-0.15, -0.1) is 0 Å². The Labute approximate surface area is 132 Å². The molecule has 4 nitrogen and oxygen atoms in total. The Morgan fingerprint density at radius 1 is 1.14 bits per heavy atom. The van der Waals surface area contributed by atoms with Crippen molar-refractivity contribution in [3.8, 4) is 11.5 Å². The zero-order chi connectivity index (χ0) is 15.5. The van der Waals surface area contributed by atoms with E-state index in [4.69, 9.17) is 9.47 Å². The van der Waals surface area contributed by atoms with Gasteiger partial charge in [0.1, 0.15) is 0 Å². The third-order valence-corrected chi connectivity index (χ3v) is 4.62. The highest BCUT2D eigenvalue weighted by Crippen LogP contribution is 2.35. The summed E-state index contributed by atoms with van der Waals surface area (Å²) in [4.78, 5) is 14.7. The zero-order valence-electron chi connectivity index (χ0n) is 13.5. The van der Waals surface area contributed by atoms with Gasteiger partial charge in [0.05, 0.1) is 7.11 Å². The average molecular weight is 303 g/mol. The first kappa shape index (κ1) is 15.2. The highest BCUT2D eigenvalue weighted by atomic mass is 16.5. The van der Waals surface area contributed by atoms with Crippen LogP contribution in [0.5, 0.6) is 11.5 Å². The van der Waals surface area contributed by atoms with Crippen LogP contribution in [0.2, 0.25) is 0 Å². The number of nitrogens with zero attached hydrogens (tertiary/aromatic N) is 1. The van der Waals surface area contributed by atoms with E-state index >= 15 is 0 Å². The summed E-state index contributed by atoms with van der Waals surface area (Å²) in [7, 11) is 1.62. The van der Waals surface area contributed by atoms with Crippen molar-refractivity contribution < 1.29 is 14.3 Å². The molecule has 0 bridgehead atoms. The van der Waals surface area contributed by atoms with Gasteiger partial charge in [0.2, 0.25) is 0 Å². The molecule has 0 spiro atoms. The van der Waals surface area contributed by atoms with Gasteiger partial charge in [-0.1, -0.05) is 18.9 Å². The topological polar surface area (TPSA) is 38.8 Å². The molecule has 0 aliphatic heterocycles. The number of aryl methyl sites for hydroxylation is 1. The van der Waals surface area contributed by atoms with Gasteiger partial charge >= 0.3 is 0 Å². The lowest BCUT2D eigenvalue weighted by Gasteiger charge is -2.29. The SMILES string of the molecule is COc1cc(C)ccc1OCC(=O)N(C1CCCC1)C1CC1. The lowest BCUT2D eigenvalue weighted by Crippen LogP contribution is -2.43. The van der Waals surface area contributed by atoms with E-state index in [1.54, 1.807) is 7.11 Å². The van der Waals surface area contributed by atoms with Crippen LogP contribution in [0.1, 0.15) is 44.1 Å². The van der Waals surface area contributed by atoms with Crippen LogP contribution in [-0.2, 0) is 4.79 Å². The van der Waals surface area contributed by atoms with Gasteiger partial charge in [0.25, 0.3) is 5.91 Å². The van der Waals surface area contributed by atoms with E-state index in [0.717, 1.165) is 31.2 Å². The molecule has 0 radical (unpaired) electrons. The number of amides is 1. The number of benzene rings is 1. The van der Waals surface area contributed by atoms with E-state index in [9.17, 15) is 4.79 Å². The van der Waals surface area contributed by atoms with Crippen LogP contribution in [0.3, 0.4) is 0 Å². The molecule has 1 aromatic rings. The maximum absolute atomic E-state index is 12.6. The zero-order valence-corrected chi connectivity index (χ0v) is 13.5. The van der Waals surface area contributed by atoms with Crippen molar-refractivity contribution in [1.82, 2.24) is 4.90 Å². The van der Waals surface area contributed by atoms with Gasteiger partial charge in [0, 0.05) is 12.1 Å². The van der Waals surface area contributed by atoms with Crippen molar-refractivity contribution in [2.75, 3.05) is 13.7 Å². The number of hydrogen-bond donors (Lipinski definition) is 0. The summed E-state index contributed by atoms with van der Waals surface area (Å²) < 4.78 is 11.1. The van der Waals surface area contributed by atoms with Gasteiger partial charge in [-0.25, -0.2) is 0 Å². The number of carbonyl (C=O) groups is 1. The van der Waals surface area contributed by atoms with E-state index in [2.05, 4.69) is 4.90 Å². The first-order valence-corrected chi connectivity index (χ1v) is 8.27. The van der Waals surface area contributed by atoms with E-state index in [1.807, 2.05) is 25.1 Å². The Morgan fingerprint density at radius 3 is 2.45 bits per heavy atom. The molecule has 22 heavy (non-hydrogen) atoms. The lowest BCUT2D eigenvalue weighted by molar-refractivity contribution is -0.136. The monoisotopic (exact) mass is 303 g/mol. The predicted molar refractivity (Wildman–Crippen MR) is 85.4 cm³/mol. The van der Waals surface area contributed by atoms with Crippen LogP contribution in [-0.4, -0.2) is 36.6 Å². The first-order chi connectivity index (χ1) is 10.7. The summed E-state index contributed by atoms with van der Waals surface area (Å²) in [6, 6.07) is 6.66. The van der Waals surface area contributed by atoms with Crippen LogP contribution < -0.4 is 9.47 Å². The third-order valence-electron chi connectivity index (χ3n) is 4.62. The normalized spacial score (nSPS) is 18.3. The second-order valence-electron chi connectivity index (χ2n) is 6.41. The minimum Gasteiger partial charge on any atom is -0.493 e. The van der Waals surface area contributed by atoms with Crippen molar-refractivity contribution in [3.63, 3.8) is 0 Å². The maximum Gasteiger partial charge on any atom is 0.261 e. The molecule has 4 heteroatoms. The lowest BCUT2D eigenvalue weighted by atomic mass is 10.2. The fraction of sp³-hybridized carbons (Fsp3) is 0.611. The summed E-state index contributed by atoms with van der Waals surface area (Å²) in [5.41, 5.74) is 1.11. The standard InChI is InChI=1S/C18H25NO3/c1-13-7-10-16(17(11-13)21-2)22-12-18(20)19(15-8-9-15)14-5-3-4-6-14/h7,10-11,14-15H,3-6,8-9,12H2,1-2H3. The van der Waals surface area contributed by atoms with Gasteiger partial charge in [0.15, 0.2) is 18.1 Å². The van der Waals surface area contributed by atoms with Crippen LogP contribution >= 0.6 is 0 Å². The smallest absolute Gasteiger partial charge is 0.261 e. The minimum atomic E-state index is 0.104. The van der Waals surface area contributed by atoms with Crippen molar-refractivity contribution >= 4 is 5.91 Å². The first-order valence-electron chi connectivity index (χ1n) is 8.27. The highest BCUT2D eigenvalue weighted by molar-refractivity contribution is 5.79. The molecule has 0 atom stereocenters. The maximum atomic E-state index is 12.6. The Hall–Kier alpha value is -1.71. The van der Waals surface area contributed by atoms with Crippen molar-refractivity contribution in [2.45, 2.75) is 57.5 Å². The number of hydrogen-bond acceptors (Lipinski definition) is 3. The Kier molecular flexibility index (Phi) is 4.55. The number of ether oxygens (including phenoxy) is 2. The fourth-order valence-corrected chi connectivity index (χ4v) is 3.35. The average Bonchev–Trinajstić information content (AvgIpc) is 3.20. The summed E-state index contributed by atoms with van der Waals surface area (Å²) in [6.07, 6.45) is 7.08. The molecule has 0 aromatic heterocycles. The minimum absolute atomic E-state index is 0.104. The van der Waals surface area contributed by atoms with Crippen molar-refractivity contribution in [2.24, 2.45) is 0 Å². The van der Waals surface area contributed by atoms with Crippen molar-refractivity contribution in [1.29, 1.82) is 0 Å². The second-order valence-corrected chi connectivity index (χ2v) is 6.41. The van der Waals surface area contributed by atoms with E-state index in [1.165, 1.54) is 12.8 Å². The molecule has 2 fully saturated rings. The molecule has 2 saturated carbocycles. The molecule has 2 aliphatic carbocycles. The molecule has 0 heterocycles. The Balaban J connectivity index is 1.63. The summed E-state index contributed by atoms with van der Waals surface area (Å²) in [5, 5.41) is 0. The molecular weight excluding hydrogens is 278 g/mol. The predicted octanol–water partition coefficient (Wildman–Crippen LogP) is 3.32.